The Hall–Kier alpha value is -3.39. The largest absolute Gasteiger partial charge is 0.489 e. The van der Waals surface area contributed by atoms with Gasteiger partial charge < -0.3 is 9.16 Å². The molecule has 0 fully saturated rings. The number of ether oxygens (including phenoxy) is 1. The third-order valence-corrected chi connectivity index (χ3v) is 9.62. The highest BCUT2D eigenvalue weighted by molar-refractivity contribution is 7.92. The van der Waals surface area contributed by atoms with E-state index in [4.69, 9.17) is 9.16 Å². The lowest BCUT2D eigenvalue weighted by Gasteiger charge is -2.34. The maximum Gasteiger partial charge on any atom is 0.236 e. The Kier molecular flexibility index (Phi) is 8.45. The molecule has 40 heavy (non-hydrogen) atoms. The van der Waals surface area contributed by atoms with Gasteiger partial charge in [0, 0.05) is 31.1 Å². The molecule has 2 radical (unpaired) electrons. The highest BCUT2D eigenvalue weighted by atomic mass is 32.2. The maximum atomic E-state index is 12.7. The molecule has 7 heteroatoms. The van der Waals surface area contributed by atoms with E-state index in [1.165, 1.54) is 21.7 Å². The summed E-state index contributed by atoms with van der Waals surface area (Å²) in [6.45, 7) is 5.73. The van der Waals surface area contributed by atoms with Gasteiger partial charge in [-0.3, -0.25) is 4.31 Å². The first-order valence-corrected chi connectivity index (χ1v) is 16.3. The van der Waals surface area contributed by atoms with Gasteiger partial charge in [-0.2, -0.15) is 0 Å². The van der Waals surface area contributed by atoms with Crippen molar-refractivity contribution >= 4 is 25.5 Å². The SMILES string of the molecule is CC(C)([Si]OCC1CN(S(C)(=O)=O)c2cc(OCc3ccccc3)ccc21)C(c1ccccc1)c1ccccc1. The summed E-state index contributed by atoms with van der Waals surface area (Å²) in [6, 6.07) is 36.8. The quantitative estimate of drug-likeness (QED) is 0.187. The van der Waals surface area contributed by atoms with E-state index in [1.54, 1.807) is 0 Å². The second kappa shape index (κ2) is 12.0. The van der Waals surface area contributed by atoms with Crippen LogP contribution in [0.3, 0.4) is 0 Å². The van der Waals surface area contributed by atoms with Crippen molar-refractivity contribution in [2.45, 2.75) is 37.3 Å². The van der Waals surface area contributed by atoms with Crippen LogP contribution in [0.25, 0.3) is 0 Å². The van der Waals surface area contributed by atoms with Gasteiger partial charge in [0.15, 0.2) is 0 Å². The molecule has 0 aliphatic carbocycles. The molecule has 0 saturated carbocycles. The molecule has 0 amide bonds. The van der Waals surface area contributed by atoms with Gasteiger partial charge in [0.2, 0.25) is 19.8 Å². The molecule has 1 aliphatic rings. The summed E-state index contributed by atoms with van der Waals surface area (Å²) in [5, 5.41) is -0.171. The molecular formula is C33H35NO4SSi. The molecule has 0 spiro atoms. The lowest BCUT2D eigenvalue weighted by molar-refractivity contribution is 0.291. The van der Waals surface area contributed by atoms with Crippen LogP contribution in [0.15, 0.2) is 109 Å². The van der Waals surface area contributed by atoms with Crippen LogP contribution in [-0.2, 0) is 21.1 Å². The molecule has 4 aromatic carbocycles. The number of anilines is 1. The molecular weight excluding hydrogens is 535 g/mol. The molecule has 5 nitrogen and oxygen atoms in total. The summed E-state index contributed by atoms with van der Waals surface area (Å²) in [5.74, 6) is 0.762. The molecule has 0 saturated heterocycles. The molecule has 0 N–H and O–H groups in total. The zero-order valence-corrected chi connectivity index (χ0v) is 25.0. The Labute approximate surface area is 240 Å². The third kappa shape index (κ3) is 6.49. The number of benzene rings is 4. The number of hydrogen-bond acceptors (Lipinski definition) is 4. The zero-order valence-electron chi connectivity index (χ0n) is 23.2. The van der Waals surface area contributed by atoms with E-state index in [9.17, 15) is 8.42 Å². The van der Waals surface area contributed by atoms with E-state index >= 15 is 0 Å². The average Bonchev–Trinajstić information content (AvgIpc) is 3.32. The second-order valence-corrected chi connectivity index (χ2v) is 14.6. The smallest absolute Gasteiger partial charge is 0.236 e. The Morgan fingerprint density at radius 2 is 1.45 bits per heavy atom. The van der Waals surface area contributed by atoms with Crippen molar-refractivity contribution in [3.05, 3.63) is 131 Å². The highest BCUT2D eigenvalue weighted by Crippen LogP contribution is 2.46. The van der Waals surface area contributed by atoms with E-state index in [0.29, 0.717) is 31.2 Å². The standard InChI is InChI=1S/C33H35NO4SSi/c1-33(2,32(26-15-9-5-10-16-26)27-17-11-6-12-18-27)40-38-24-28-22-34(39(3,35)36)31-21-29(19-20-30(28)31)37-23-25-13-7-4-8-14-25/h4-21,28,32H,22-24H2,1-3H3. The van der Waals surface area contributed by atoms with Gasteiger partial charge in [-0.15, -0.1) is 0 Å². The minimum absolute atomic E-state index is 0.0527. The van der Waals surface area contributed by atoms with Gasteiger partial charge in [-0.05, 0) is 33.4 Å². The van der Waals surface area contributed by atoms with E-state index in [0.717, 1.165) is 11.1 Å². The van der Waals surface area contributed by atoms with Crippen molar-refractivity contribution in [2.24, 2.45) is 0 Å². The molecule has 206 valence electrons. The molecule has 1 atom stereocenters. The molecule has 5 rings (SSSR count). The number of rotatable bonds is 11. The summed E-state index contributed by atoms with van der Waals surface area (Å²) in [7, 11) is -3.23. The van der Waals surface area contributed by atoms with Gasteiger partial charge >= 0.3 is 0 Å². The number of nitrogens with zero attached hydrogens (tertiary/aromatic N) is 1. The summed E-state index contributed by atoms with van der Waals surface area (Å²) in [6.07, 6.45) is 1.26. The van der Waals surface area contributed by atoms with Crippen molar-refractivity contribution in [2.75, 3.05) is 23.7 Å². The van der Waals surface area contributed by atoms with Crippen LogP contribution >= 0.6 is 0 Å². The van der Waals surface area contributed by atoms with Crippen molar-refractivity contribution in [1.82, 2.24) is 0 Å². The van der Waals surface area contributed by atoms with E-state index in [2.05, 4.69) is 62.4 Å². The van der Waals surface area contributed by atoms with Crippen LogP contribution in [0, 0.1) is 0 Å². The van der Waals surface area contributed by atoms with Gasteiger partial charge in [-0.25, -0.2) is 8.42 Å². The fraction of sp³-hybridized carbons (Fsp3) is 0.273. The van der Waals surface area contributed by atoms with Gasteiger partial charge in [0.05, 0.1) is 11.9 Å². The fourth-order valence-electron chi connectivity index (χ4n) is 5.47. The van der Waals surface area contributed by atoms with Gasteiger partial charge in [-0.1, -0.05) is 111 Å². The lowest BCUT2D eigenvalue weighted by atomic mass is 9.82. The lowest BCUT2D eigenvalue weighted by Crippen LogP contribution is -2.30. The van der Waals surface area contributed by atoms with E-state index in [1.807, 2.05) is 60.7 Å². The van der Waals surface area contributed by atoms with Crippen molar-refractivity contribution in [3.8, 4) is 5.75 Å². The first-order chi connectivity index (χ1) is 19.2. The molecule has 1 heterocycles. The molecule has 0 bridgehead atoms. The number of sulfonamides is 1. The molecule has 0 aromatic heterocycles. The second-order valence-electron chi connectivity index (χ2n) is 10.9. The topological polar surface area (TPSA) is 55.8 Å². The highest BCUT2D eigenvalue weighted by Gasteiger charge is 2.37. The predicted octanol–water partition coefficient (Wildman–Crippen LogP) is 6.80. The number of fused-ring (bicyclic) bond motifs is 1. The van der Waals surface area contributed by atoms with Crippen molar-refractivity contribution in [1.29, 1.82) is 0 Å². The van der Waals surface area contributed by atoms with Crippen LogP contribution in [-0.4, -0.2) is 37.6 Å². The van der Waals surface area contributed by atoms with Crippen LogP contribution in [0.5, 0.6) is 5.75 Å². The van der Waals surface area contributed by atoms with Crippen LogP contribution < -0.4 is 9.04 Å². The van der Waals surface area contributed by atoms with Crippen molar-refractivity contribution in [3.63, 3.8) is 0 Å². The van der Waals surface area contributed by atoms with E-state index in [-0.39, 0.29) is 26.6 Å². The Bertz CT molecular complexity index is 1470. The molecule has 1 unspecified atom stereocenters. The summed E-state index contributed by atoms with van der Waals surface area (Å²) in [5.41, 5.74) is 5.22. The fourth-order valence-corrected chi connectivity index (χ4v) is 7.55. The monoisotopic (exact) mass is 569 g/mol. The van der Waals surface area contributed by atoms with E-state index < -0.39 is 10.0 Å². The molecule has 4 aromatic rings. The maximum absolute atomic E-state index is 12.7. The minimum Gasteiger partial charge on any atom is -0.489 e. The number of hydrogen-bond donors (Lipinski definition) is 0. The Balaban J connectivity index is 1.31. The zero-order chi connectivity index (χ0) is 28.2. The first-order valence-electron chi connectivity index (χ1n) is 13.5. The Morgan fingerprint density at radius 1 is 0.875 bits per heavy atom. The van der Waals surface area contributed by atoms with Crippen molar-refractivity contribution < 1.29 is 17.6 Å². The first kappa shape index (κ1) is 28.1. The normalized spacial score (nSPS) is 15.3. The molecule has 1 aliphatic heterocycles. The third-order valence-electron chi connectivity index (χ3n) is 7.35. The summed E-state index contributed by atoms with van der Waals surface area (Å²) in [4.78, 5) is 0. The van der Waals surface area contributed by atoms with Gasteiger partial charge in [0.1, 0.15) is 12.4 Å². The van der Waals surface area contributed by atoms with Gasteiger partial charge in [0.25, 0.3) is 0 Å². The average molecular weight is 570 g/mol. The van der Waals surface area contributed by atoms with Crippen LogP contribution in [0.1, 0.15) is 47.9 Å². The predicted molar refractivity (Wildman–Crippen MR) is 163 cm³/mol. The minimum atomic E-state index is -3.45. The summed E-state index contributed by atoms with van der Waals surface area (Å²) < 4.78 is 39.3. The van der Waals surface area contributed by atoms with Crippen LogP contribution in [0.2, 0.25) is 5.04 Å². The summed E-state index contributed by atoms with van der Waals surface area (Å²) >= 11 is 0. The Morgan fingerprint density at radius 3 is 2.02 bits per heavy atom. The van der Waals surface area contributed by atoms with Crippen LogP contribution in [0.4, 0.5) is 5.69 Å².